The van der Waals surface area contributed by atoms with Gasteiger partial charge in [0.25, 0.3) is 0 Å². The topological polar surface area (TPSA) is 35.8 Å². The lowest BCUT2D eigenvalue weighted by Crippen LogP contribution is -2.32. The zero-order valence-electron chi connectivity index (χ0n) is 9.40. The molecule has 0 unspecified atom stereocenters. The molecule has 0 aliphatic heterocycles. The summed E-state index contributed by atoms with van der Waals surface area (Å²) in [6.07, 6.45) is 1.03. The molecular weight excluding hydrogens is 184 g/mol. The summed E-state index contributed by atoms with van der Waals surface area (Å²) < 4.78 is 0. The third-order valence-corrected chi connectivity index (χ3v) is 2.72. The highest BCUT2D eigenvalue weighted by Gasteiger charge is 2.13. The third-order valence-electron chi connectivity index (χ3n) is 2.72. The largest absolute Gasteiger partial charge is 0.298 e. The molecule has 15 heavy (non-hydrogen) atoms. The van der Waals surface area contributed by atoms with Crippen molar-refractivity contribution < 1.29 is 0 Å². The number of nitrogens with zero attached hydrogens (tertiary/aromatic N) is 1. The van der Waals surface area contributed by atoms with E-state index in [2.05, 4.69) is 37.4 Å². The zero-order valence-corrected chi connectivity index (χ0v) is 9.40. The van der Waals surface area contributed by atoms with Crippen LogP contribution in [0.3, 0.4) is 0 Å². The van der Waals surface area contributed by atoms with E-state index in [4.69, 9.17) is 5.26 Å². The summed E-state index contributed by atoms with van der Waals surface area (Å²) in [5.74, 6) is 0.402. The molecule has 0 spiro atoms. The van der Waals surface area contributed by atoms with Crippen LogP contribution in [0.5, 0.6) is 0 Å². The normalized spacial score (nSPS) is 14.2. The van der Waals surface area contributed by atoms with Gasteiger partial charge in [0, 0.05) is 6.54 Å². The first-order valence-electron chi connectivity index (χ1n) is 5.44. The number of rotatable bonds is 5. The molecule has 0 amide bonds. The Hall–Kier alpha value is -1.33. The van der Waals surface area contributed by atoms with Gasteiger partial charge in [-0.1, -0.05) is 50.6 Å². The first-order chi connectivity index (χ1) is 7.27. The standard InChI is InChI=1S/C13H18N2/c1-3-11(2)13(9-14)15-10-12-7-5-4-6-8-12/h4-8,11,13,15H,3,10H2,1-2H3/t11-,13-/m1/s1. The van der Waals surface area contributed by atoms with Crippen molar-refractivity contribution in [2.75, 3.05) is 0 Å². The maximum absolute atomic E-state index is 8.99. The summed E-state index contributed by atoms with van der Waals surface area (Å²) in [4.78, 5) is 0. The van der Waals surface area contributed by atoms with Crippen LogP contribution in [0.4, 0.5) is 0 Å². The van der Waals surface area contributed by atoms with Crippen molar-refractivity contribution in [2.24, 2.45) is 5.92 Å². The van der Waals surface area contributed by atoms with Gasteiger partial charge in [0.1, 0.15) is 0 Å². The lowest BCUT2D eigenvalue weighted by atomic mass is 10.0. The Labute approximate surface area is 91.9 Å². The monoisotopic (exact) mass is 202 g/mol. The molecule has 1 rings (SSSR count). The van der Waals surface area contributed by atoms with E-state index >= 15 is 0 Å². The third kappa shape index (κ3) is 3.73. The van der Waals surface area contributed by atoms with Crippen LogP contribution in [0.2, 0.25) is 0 Å². The van der Waals surface area contributed by atoms with Crippen molar-refractivity contribution in [1.29, 1.82) is 5.26 Å². The lowest BCUT2D eigenvalue weighted by Gasteiger charge is -2.17. The van der Waals surface area contributed by atoms with Gasteiger partial charge < -0.3 is 0 Å². The van der Waals surface area contributed by atoms with Gasteiger partial charge in [-0.15, -0.1) is 0 Å². The SMILES string of the molecule is CC[C@@H](C)[C@@H](C#N)NCc1ccccc1. The second kappa shape index (κ2) is 6.21. The van der Waals surface area contributed by atoms with Crippen molar-refractivity contribution in [1.82, 2.24) is 5.32 Å². The number of benzene rings is 1. The van der Waals surface area contributed by atoms with Crippen LogP contribution in [0.25, 0.3) is 0 Å². The van der Waals surface area contributed by atoms with E-state index < -0.39 is 0 Å². The zero-order chi connectivity index (χ0) is 11.1. The lowest BCUT2D eigenvalue weighted by molar-refractivity contribution is 0.430. The quantitative estimate of drug-likeness (QED) is 0.797. The van der Waals surface area contributed by atoms with E-state index in [1.807, 2.05) is 18.2 Å². The molecule has 0 aliphatic carbocycles. The second-order valence-electron chi connectivity index (χ2n) is 3.86. The molecule has 80 valence electrons. The number of nitriles is 1. The fraction of sp³-hybridized carbons (Fsp3) is 0.462. The van der Waals surface area contributed by atoms with Gasteiger partial charge in [-0.25, -0.2) is 0 Å². The van der Waals surface area contributed by atoms with Gasteiger partial charge in [-0.05, 0) is 11.5 Å². The fourth-order valence-electron chi connectivity index (χ4n) is 1.43. The van der Waals surface area contributed by atoms with Crippen LogP contribution >= 0.6 is 0 Å². The average molecular weight is 202 g/mol. The van der Waals surface area contributed by atoms with E-state index in [0.29, 0.717) is 5.92 Å². The van der Waals surface area contributed by atoms with Gasteiger partial charge in [0.15, 0.2) is 0 Å². The molecule has 0 radical (unpaired) electrons. The van der Waals surface area contributed by atoms with Crippen molar-refractivity contribution in [3.8, 4) is 6.07 Å². The second-order valence-corrected chi connectivity index (χ2v) is 3.86. The molecule has 0 bridgehead atoms. The first kappa shape index (κ1) is 11.7. The van der Waals surface area contributed by atoms with E-state index in [1.165, 1.54) is 5.56 Å². The molecule has 1 aromatic carbocycles. The summed E-state index contributed by atoms with van der Waals surface area (Å²) in [6.45, 7) is 4.98. The molecule has 2 atom stereocenters. The van der Waals surface area contributed by atoms with Crippen LogP contribution in [0.1, 0.15) is 25.8 Å². The van der Waals surface area contributed by atoms with Crippen LogP contribution in [0, 0.1) is 17.2 Å². The van der Waals surface area contributed by atoms with Crippen molar-refractivity contribution in [2.45, 2.75) is 32.9 Å². The average Bonchev–Trinajstić information content (AvgIpc) is 2.31. The summed E-state index contributed by atoms with van der Waals surface area (Å²) >= 11 is 0. The summed E-state index contributed by atoms with van der Waals surface area (Å²) in [5.41, 5.74) is 1.22. The van der Waals surface area contributed by atoms with Gasteiger partial charge in [0.2, 0.25) is 0 Å². The Balaban J connectivity index is 2.46. The molecule has 0 saturated heterocycles. The smallest absolute Gasteiger partial charge is 0.0981 e. The summed E-state index contributed by atoms with van der Waals surface area (Å²) in [5, 5.41) is 12.3. The van der Waals surface area contributed by atoms with E-state index in [1.54, 1.807) is 0 Å². The van der Waals surface area contributed by atoms with Crippen LogP contribution in [0.15, 0.2) is 30.3 Å². The van der Waals surface area contributed by atoms with E-state index in [9.17, 15) is 0 Å². The molecule has 0 saturated carbocycles. The molecule has 1 N–H and O–H groups in total. The van der Waals surface area contributed by atoms with Crippen LogP contribution in [-0.4, -0.2) is 6.04 Å². The summed E-state index contributed by atoms with van der Waals surface area (Å²) in [6, 6.07) is 12.4. The van der Waals surface area contributed by atoms with E-state index in [-0.39, 0.29) is 6.04 Å². The maximum Gasteiger partial charge on any atom is 0.0981 e. The van der Waals surface area contributed by atoms with Crippen molar-refractivity contribution >= 4 is 0 Å². The van der Waals surface area contributed by atoms with Gasteiger partial charge >= 0.3 is 0 Å². The molecule has 0 fully saturated rings. The van der Waals surface area contributed by atoms with Crippen LogP contribution < -0.4 is 5.32 Å². The Morgan fingerprint density at radius 1 is 1.33 bits per heavy atom. The molecule has 0 aliphatic rings. The number of hydrogen-bond acceptors (Lipinski definition) is 2. The molecule has 2 nitrogen and oxygen atoms in total. The number of nitrogens with one attached hydrogen (secondary N) is 1. The first-order valence-corrected chi connectivity index (χ1v) is 5.44. The van der Waals surface area contributed by atoms with Gasteiger partial charge in [0.05, 0.1) is 12.1 Å². The van der Waals surface area contributed by atoms with Gasteiger partial charge in [-0.3, -0.25) is 5.32 Å². The van der Waals surface area contributed by atoms with Crippen molar-refractivity contribution in [3.05, 3.63) is 35.9 Å². The minimum absolute atomic E-state index is 0.0461. The highest BCUT2D eigenvalue weighted by Crippen LogP contribution is 2.07. The molecule has 1 aromatic rings. The molecule has 0 heterocycles. The van der Waals surface area contributed by atoms with Crippen LogP contribution in [-0.2, 0) is 6.54 Å². The van der Waals surface area contributed by atoms with Crippen molar-refractivity contribution in [3.63, 3.8) is 0 Å². The van der Waals surface area contributed by atoms with E-state index in [0.717, 1.165) is 13.0 Å². The Kier molecular flexibility index (Phi) is 4.86. The minimum atomic E-state index is -0.0461. The minimum Gasteiger partial charge on any atom is -0.298 e. The molecule has 0 aromatic heterocycles. The highest BCUT2D eigenvalue weighted by molar-refractivity contribution is 5.14. The fourth-order valence-corrected chi connectivity index (χ4v) is 1.43. The Morgan fingerprint density at radius 2 is 2.00 bits per heavy atom. The predicted molar refractivity (Wildman–Crippen MR) is 62.1 cm³/mol. The molecular formula is C13H18N2. The summed E-state index contributed by atoms with van der Waals surface area (Å²) in [7, 11) is 0. The maximum atomic E-state index is 8.99. The number of hydrogen-bond donors (Lipinski definition) is 1. The predicted octanol–water partition coefficient (Wildman–Crippen LogP) is 2.71. The highest BCUT2D eigenvalue weighted by atomic mass is 14.9. The Bertz CT molecular complexity index is 313. The molecule has 2 heteroatoms. The van der Waals surface area contributed by atoms with Gasteiger partial charge in [-0.2, -0.15) is 5.26 Å². The Morgan fingerprint density at radius 3 is 2.53 bits per heavy atom.